The van der Waals surface area contributed by atoms with E-state index in [1.165, 1.54) is 5.56 Å². The molecule has 3 nitrogen and oxygen atoms in total. The lowest BCUT2D eigenvalue weighted by Gasteiger charge is -2.11. The molecule has 106 valence electrons. The van der Waals surface area contributed by atoms with Crippen molar-refractivity contribution in [1.29, 1.82) is 0 Å². The fraction of sp³-hybridized carbons (Fsp3) is 0.500. The summed E-state index contributed by atoms with van der Waals surface area (Å²) < 4.78 is 0. The highest BCUT2D eigenvalue weighted by atomic mass is 35.5. The summed E-state index contributed by atoms with van der Waals surface area (Å²) >= 11 is 5.96. The summed E-state index contributed by atoms with van der Waals surface area (Å²) in [6.07, 6.45) is 0.931. The van der Waals surface area contributed by atoms with E-state index in [2.05, 4.69) is 10.6 Å². The predicted molar refractivity (Wildman–Crippen MR) is 81.1 cm³/mol. The maximum Gasteiger partial charge on any atom is 0.223 e. The Morgan fingerprint density at radius 3 is 2.89 bits per heavy atom. The van der Waals surface area contributed by atoms with Crippen LogP contribution in [-0.2, 0) is 4.79 Å². The van der Waals surface area contributed by atoms with E-state index < -0.39 is 0 Å². The van der Waals surface area contributed by atoms with Gasteiger partial charge in [-0.3, -0.25) is 4.79 Å². The number of likely N-dealkylation sites (N-methyl/N-ethyl adjacent to an activating group) is 1. The van der Waals surface area contributed by atoms with Gasteiger partial charge in [0, 0.05) is 23.5 Å². The maximum atomic E-state index is 11.9. The Hall–Kier alpha value is -0.770. The third-order valence-corrected chi connectivity index (χ3v) is 3.71. The van der Waals surface area contributed by atoms with E-state index in [-0.39, 0.29) is 24.2 Å². The Kier molecular flexibility index (Phi) is 6.11. The fourth-order valence-corrected chi connectivity index (χ4v) is 2.28. The lowest BCUT2D eigenvalue weighted by Crippen LogP contribution is -2.37. The zero-order valence-electron chi connectivity index (χ0n) is 11.2. The molecule has 2 N–H and O–H groups in total. The molecule has 0 heterocycles. The molecule has 0 bridgehead atoms. The van der Waals surface area contributed by atoms with Gasteiger partial charge in [0.2, 0.25) is 5.91 Å². The maximum absolute atomic E-state index is 11.9. The van der Waals surface area contributed by atoms with Crippen LogP contribution >= 0.6 is 24.0 Å². The molecule has 0 aliphatic heterocycles. The Labute approximate surface area is 125 Å². The number of hydrogen-bond acceptors (Lipinski definition) is 2. The first-order valence-corrected chi connectivity index (χ1v) is 6.70. The first-order valence-electron chi connectivity index (χ1n) is 6.32. The highest BCUT2D eigenvalue weighted by molar-refractivity contribution is 6.30. The molecule has 0 radical (unpaired) electrons. The molecule has 1 aliphatic rings. The second kappa shape index (κ2) is 7.13. The molecule has 1 amide bonds. The van der Waals surface area contributed by atoms with Crippen LogP contribution in [0.2, 0.25) is 5.02 Å². The number of rotatable bonds is 5. The highest BCUT2D eigenvalue weighted by Gasteiger charge is 2.43. The average molecular weight is 303 g/mol. The SMILES string of the molecule is CNC(C)CNC(=O)C1CC1c1cccc(Cl)c1.Cl. The van der Waals surface area contributed by atoms with Gasteiger partial charge in [0.15, 0.2) is 0 Å². The molecule has 1 saturated carbocycles. The normalized spacial score (nSPS) is 22.3. The third kappa shape index (κ3) is 4.37. The molecule has 3 unspecified atom stereocenters. The van der Waals surface area contributed by atoms with Gasteiger partial charge in [-0.25, -0.2) is 0 Å². The molecule has 2 rings (SSSR count). The van der Waals surface area contributed by atoms with Gasteiger partial charge < -0.3 is 10.6 Å². The number of nitrogens with one attached hydrogen (secondary N) is 2. The number of hydrogen-bond donors (Lipinski definition) is 2. The summed E-state index contributed by atoms with van der Waals surface area (Å²) in [6, 6.07) is 8.10. The lowest BCUT2D eigenvalue weighted by atomic mass is 10.1. The summed E-state index contributed by atoms with van der Waals surface area (Å²) in [5, 5.41) is 6.81. The van der Waals surface area contributed by atoms with Gasteiger partial charge in [-0.15, -0.1) is 12.4 Å². The van der Waals surface area contributed by atoms with Crippen molar-refractivity contribution in [1.82, 2.24) is 10.6 Å². The van der Waals surface area contributed by atoms with Gasteiger partial charge in [-0.05, 0) is 44.0 Å². The van der Waals surface area contributed by atoms with Gasteiger partial charge in [-0.2, -0.15) is 0 Å². The second-order valence-electron chi connectivity index (χ2n) is 4.94. The Morgan fingerprint density at radius 2 is 2.26 bits per heavy atom. The van der Waals surface area contributed by atoms with E-state index in [1.807, 2.05) is 38.2 Å². The van der Waals surface area contributed by atoms with Crippen molar-refractivity contribution >= 4 is 29.9 Å². The van der Waals surface area contributed by atoms with E-state index in [1.54, 1.807) is 0 Å². The summed E-state index contributed by atoms with van der Waals surface area (Å²) in [6.45, 7) is 2.72. The van der Waals surface area contributed by atoms with Crippen LogP contribution in [0.4, 0.5) is 0 Å². The van der Waals surface area contributed by atoms with Gasteiger partial charge in [-0.1, -0.05) is 23.7 Å². The van der Waals surface area contributed by atoms with Crippen LogP contribution in [0.15, 0.2) is 24.3 Å². The van der Waals surface area contributed by atoms with Gasteiger partial charge in [0.25, 0.3) is 0 Å². The van der Waals surface area contributed by atoms with Crippen LogP contribution < -0.4 is 10.6 Å². The van der Waals surface area contributed by atoms with Crippen molar-refractivity contribution in [2.75, 3.05) is 13.6 Å². The van der Waals surface area contributed by atoms with Crippen LogP contribution in [0, 0.1) is 5.92 Å². The number of benzene rings is 1. The van der Waals surface area contributed by atoms with Crippen LogP contribution in [0.25, 0.3) is 0 Å². The van der Waals surface area contributed by atoms with Crippen molar-refractivity contribution in [3.05, 3.63) is 34.9 Å². The van der Waals surface area contributed by atoms with Crippen molar-refractivity contribution < 1.29 is 4.79 Å². The molecule has 1 aromatic carbocycles. The zero-order chi connectivity index (χ0) is 13.1. The summed E-state index contributed by atoms with van der Waals surface area (Å²) in [7, 11) is 1.89. The molecule has 5 heteroatoms. The van der Waals surface area contributed by atoms with Crippen LogP contribution in [-0.4, -0.2) is 25.5 Å². The lowest BCUT2D eigenvalue weighted by molar-refractivity contribution is -0.122. The smallest absolute Gasteiger partial charge is 0.223 e. The minimum absolute atomic E-state index is 0. The first kappa shape index (κ1) is 16.3. The minimum atomic E-state index is 0. The molecule has 3 atom stereocenters. The minimum Gasteiger partial charge on any atom is -0.354 e. The van der Waals surface area contributed by atoms with Crippen molar-refractivity contribution in [2.45, 2.75) is 25.3 Å². The van der Waals surface area contributed by atoms with E-state index >= 15 is 0 Å². The number of carbonyl (C=O) groups is 1. The van der Waals surface area contributed by atoms with Gasteiger partial charge in [0.05, 0.1) is 0 Å². The highest BCUT2D eigenvalue weighted by Crippen LogP contribution is 2.47. The third-order valence-electron chi connectivity index (χ3n) is 3.48. The Balaban J connectivity index is 0.00000180. The first-order chi connectivity index (χ1) is 8.61. The molecule has 1 aliphatic carbocycles. The molecule has 19 heavy (non-hydrogen) atoms. The van der Waals surface area contributed by atoms with Crippen LogP contribution in [0.3, 0.4) is 0 Å². The number of amides is 1. The number of halogens is 2. The van der Waals surface area contributed by atoms with Gasteiger partial charge in [0.1, 0.15) is 0 Å². The number of carbonyl (C=O) groups excluding carboxylic acids is 1. The monoisotopic (exact) mass is 302 g/mol. The van der Waals surface area contributed by atoms with E-state index in [0.717, 1.165) is 11.4 Å². The molecular formula is C14H20Cl2N2O. The molecule has 1 fully saturated rings. The fourth-order valence-electron chi connectivity index (χ4n) is 2.08. The quantitative estimate of drug-likeness (QED) is 0.878. The summed E-state index contributed by atoms with van der Waals surface area (Å²) in [4.78, 5) is 11.9. The molecule has 0 aromatic heterocycles. The van der Waals surface area contributed by atoms with Crippen molar-refractivity contribution in [3.63, 3.8) is 0 Å². The van der Waals surface area contributed by atoms with Crippen LogP contribution in [0.1, 0.15) is 24.8 Å². The van der Waals surface area contributed by atoms with Crippen LogP contribution in [0.5, 0.6) is 0 Å². The van der Waals surface area contributed by atoms with Gasteiger partial charge >= 0.3 is 0 Å². The second-order valence-corrected chi connectivity index (χ2v) is 5.38. The summed E-state index contributed by atoms with van der Waals surface area (Å²) in [5.41, 5.74) is 1.17. The predicted octanol–water partition coefficient (Wildman–Crippen LogP) is 2.59. The zero-order valence-corrected chi connectivity index (χ0v) is 12.7. The average Bonchev–Trinajstić information content (AvgIpc) is 3.15. The van der Waals surface area contributed by atoms with E-state index in [4.69, 9.17) is 11.6 Å². The Bertz CT molecular complexity index is 439. The molecule has 1 aromatic rings. The van der Waals surface area contributed by atoms with E-state index in [0.29, 0.717) is 18.5 Å². The Morgan fingerprint density at radius 1 is 1.53 bits per heavy atom. The van der Waals surface area contributed by atoms with Crippen molar-refractivity contribution in [2.24, 2.45) is 5.92 Å². The van der Waals surface area contributed by atoms with E-state index in [9.17, 15) is 4.79 Å². The molecular weight excluding hydrogens is 283 g/mol. The largest absolute Gasteiger partial charge is 0.354 e. The molecule has 0 saturated heterocycles. The van der Waals surface area contributed by atoms with Crippen molar-refractivity contribution in [3.8, 4) is 0 Å². The topological polar surface area (TPSA) is 41.1 Å². The molecule has 0 spiro atoms. The summed E-state index contributed by atoms with van der Waals surface area (Å²) in [5.74, 6) is 0.614. The standard InChI is InChI=1S/C14H19ClN2O.ClH/c1-9(16-2)8-17-14(18)13-7-12(13)10-4-3-5-11(15)6-10;/h3-6,9,12-13,16H,7-8H2,1-2H3,(H,17,18);1H.